The first-order valence-electron chi connectivity index (χ1n) is 7.05. The number of methoxy groups -OCH3 is 1. The zero-order valence-corrected chi connectivity index (χ0v) is 15.4. The fraction of sp³-hybridized carbons (Fsp3) is 0.533. The van der Waals surface area contributed by atoms with Crippen LogP contribution in [0.1, 0.15) is 24.8 Å². The number of nitrogens with two attached hydrogens (primary N) is 1. The van der Waals surface area contributed by atoms with Gasteiger partial charge >= 0.3 is 0 Å². The molecule has 0 radical (unpaired) electrons. The molecule has 0 aromatic heterocycles. The fourth-order valence-corrected chi connectivity index (χ4v) is 2.41. The quantitative estimate of drug-likeness (QED) is 0.420. The summed E-state index contributed by atoms with van der Waals surface area (Å²) in [5.41, 5.74) is 6.91. The lowest BCUT2D eigenvalue weighted by molar-refractivity contribution is 0.326. The summed E-state index contributed by atoms with van der Waals surface area (Å²) in [7, 11) is 1.63. The molecule has 0 atom stereocenters. The van der Waals surface area contributed by atoms with Gasteiger partial charge in [-0.05, 0) is 42.9 Å². The molecule has 0 aliphatic heterocycles. The largest absolute Gasteiger partial charge is 0.497 e. The summed E-state index contributed by atoms with van der Waals surface area (Å²) in [4.78, 5) is 4.36. The van der Waals surface area contributed by atoms with Crippen LogP contribution in [0.15, 0.2) is 23.2 Å². The average molecular weight is 424 g/mol. The SMILES string of the molecule is COc1ccc(CCNC(N)=NCC2CCC2)c(Cl)c1.I. The number of halogens is 2. The summed E-state index contributed by atoms with van der Waals surface area (Å²) in [6.45, 7) is 1.58. The standard InChI is InChI=1S/C15H22ClN3O.HI/c1-20-13-6-5-12(14(16)9-13)7-8-18-15(17)19-10-11-3-2-4-11;/h5-6,9,11H,2-4,7-8,10H2,1H3,(H3,17,18,19);1H. The van der Waals surface area contributed by atoms with E-state index < -0.39 is 0 Å². The number of benzene rings is 1. The lowest BCUT2D eigenvalue weighted by Gasteiger charge is -2.23. The van der Waals surface area contributed by atoms with Crippen LogP contribution in [0.3, 0.4) is 0 Å². The van der Waals surface area contributed by atoms with E-state index in [2.05, 4.69) is 10.3 Å². The second-order valence-corrected chi connectivity index (χ2v) is 5.56. The Morgan fingerprint density at radius 1 is 1.48 bits per heavy atom. The Morgan fingerprint density at radius 2 is 2.24 bits per heavy atom. The summed E-state index contributed by atoms with van der Waals surface area (Å²) in [5, 5.41) is 3.85. The van der Waals surface area contributed by atoms with E-state index in [0.717, 1.165) is 41.8 Å². The number of guanidine groups is 1. The number of aliphatic imine (C=N–C) groups is 1. The second-order valence-electron chi connectivity index (χ2n) is 5.16. The Balaban J connectivity index is 0.00000220. The highest BCUT2D eigenvalue weighted by molar-refractivity contribution is 14.0. The number of nitrogens with one attached hydrogen (secondary N) is 1. The predicted molar refractivity (Wildman–Crippen MR) is 99.0 cm³/mol. The summed E-state index contributed by atoms with van der Waals surface area (Å²) in [5.74, 6) is 2.04. The van der Waals surface area contributed by atoms with Gasteiger partial charge in [-0.1, -0.05) is 24.1 Å². The first-order chi connectivity index (χ1) is 9.69. The third kappa shape index (κ3) is 5.90. The zero-order chi connectivity index (χ0) is 14.4. The third-order valence-corrected chi connectivity index (χ3v) is 4.06. The Kier molecular flexibility index (Phi) is 8.18. The molecule has 0 bridgehead atoms. The molecule has 0 unspecified atom stereocenters. The topological polar surface area (TPSA) is 59.6 Å². The number of nitrogens with zero attached hydrogens (tertiary/aromatic N) is 1. The number of hydrogen-bond acceptors (Lipinski definition) is 2. The monoisotopic (exact) mass is 423 g/mol. The highest BCUT2D eigenvalue weighted by Crippen LogP contribution is 2.26. The normalized spacial score (nSPS) is 15.0. The number of rotatable bonds is 6. The molecule has 118 valence electrons. The van der Waals surface area contributed by atoms with E-state index in [4.69, 9.17) is 22.1 Å². The molecule has 1 aliphatic carbocycles. The van der Waals surface area contributed by atoms with E-state index in [1.165, 1.54) is 19.3 Å². The van der Waals surface area contributed by atoms with Crippen molar-refractivity contribution in [3.63, 3.8) is 0 Å². The molecule has 0 heterocycles. The van der Waals surface area contributed by atoms with E-state index in [1.54, 1.807) is 7.11 Å². The van der Waals surface area contributed by atoms with Gasteiger partial charge in [-0.2, -0.15) is 0 Å². The molecule has 0 amide bonds. The summed E-state index contributed by atoms with van der Waals surface area (Å²) in [6, 6.07) is 5.71. The highest BCUT2D eigenvalue weighted by Gasteiger charge is 2.16. The molecule has 3 N–H and O–H groups in total. The smallest absolute Gasteiger partial charge is 0.188 e. The highest BCUT2D eigenvalue weighted by atomic mass is 127. The lowest BCUT2D eigenvalue weighted by Crippen LogP contribution is -2.34. The Hall–Kier alpha value is -0.690. The maximum atomic E-state index is 6.18. The van der Waals surface area contributed by atoms with Crippen molar-refractivity contribution < 1.29 is 4.74 Å². The van der Waals surface area contributed by atoms with E-state index in [1.807, 2.05) is 18.2 Å². The molecule has 21 heavy (non-hydrogen) atoms. The zero-order valence-electron chi connectivity index (χ0n) is 12.3. The van der Waals surface area contributed by atoms with Crippen molar-refractivity contribution in [2.75, 3.05) is 20.2 Å². The van der Waals surface area contributed by atoms with Crippen molar-refractivity contribution in [1.29, 1.82) is 0 Å². The van der Waals surface area contributed by atoms with Gasteiger partial charge < -0.3 is 15.8 Å². The summed E-state index contributed by atoms with van der Waals surface area (Å²) >= 11 is 6.18. The van der Waals surface area contributed by atoms with Gasteiger partial charge in [-0.25, -0.2) is 0 Å². The van der Waals surface area contributed by atoms with Crippen LogP contribution in [0.4, 0.5) is 0 Å². The first-order valence-corrected chi connectivity index (χ1v) is 7.43. The Labute approximate surface area is 148 Å². The van der Waals surface area contributed by atoms with Crippen molar-refractivity contribution in [2.45, 2.75) is 25.7 Å². The maximum Gasteiger partial charge on any atom is 0.188 e. The molecular formula is C15H23ClIN3O. The van der Waals surface area contributed by atoms with Crippen LogP contribution in [0.25, 0.3) is 0 Å². The molecule has 1 aromatic rings. The van der Waals surface area contributed by atoms with Crippen molar-refractivity contribution in [3.05, 3.63) is 28.8 Å². The van der Waals surface area contributed by atoms with Crippen LogP contribution in [0, 0.1) is 5.92 Å². The van der Waals surface area contributed by atoms with Gasteiger partial charge in [-0.3, -0.25) is 4.99 Å². The van der Waals surface area contributed by atoms with Crippen LogP contribution >= 0.6 is 35.6 Å². The average Bonchev–Trinajstić information content (AvgIpc) is 2.38. The van der Waals surface area contributed by atoms with E-state index in [9.17, 15) is 0 Å². The lowest BCUT2D eigenvalue weighted by atomic mass is 9.86. The molecule has 6 heteroatoms. The molecule has 1 fully saturated rings. The van der Waals surface area contributed by atoms with Crippen LogP contribution < -0.4 is 15.8 Å². The molecule has 1 aliphatic rings. The molecular weight excluding hydrogens is 401 g/mol. The number of ether oxygens (including phenoxy) is 1. The second kappa shape index (κ2) is 9.35. The van der Waals surface area contributed by atoms with Crippen LogP contribution in [0.2, 0.25) is 5.02 Å². The summed E-state index contributed by atoms with van der Waals surface area (Å²) in [6.07, 6.45) is 4.72. The van der Waals surface area contributed by atoms with Gasteiger partial charge in [0.25, 0.3) is 0 Å². The molecule has 2 rings (SSSR count). The third-order valence-electron chi connectivity index (χ3n) is 3.71. The van der Waals surface area contributed by atoms with E-state index in [0.29, 0.717) is 5.96 Å². The van der Waals surface area contributed by atoms with E-state index >= 15 is 0 Å². The number of hydrogen-bond donors (Lipinski definition) is 2. The molecule has 1 aromatic carbocycles. The molecule has 1 saturated carbocycles. The van der Waals surface area contributed by atoms with Gasteiger partial charge in [-0.15, -0.1) is 24.0 Å². The van der Waals surface area contributed by atoms with Crippen molar-refractivity contribution in [3.8, 4) is 5.75 Å². The Bertz CT molecular complexity index is 478. The van der Waals surface area contributed by atoms with Gasteiger partial charge in [0, 0.05) is 18.1 Å². The van der Waals surface area contributed by atoms with Gasteiger partial charge in [0.05, 0.1) is 7.11 Å². The van der Waals surface area contributed by atoms with Crippen molar-refractivity contribution in [2.24, 2.45) is 16.6 Å². The van der Waals surface area contributed by atoms with Crippen LogP contribution in [-0.4, -0.2) is 26.2 Å². The van der Waals surface area contributed by atoms with Crippen LogP contribution in [-0.2, 0) is 6.42 Å². The van der Waals surface area contributed by atoms with Crippen molar-refractivity contribution in [1.82, 2.24) is 5.32 Å². The molecule has 0 spiro atoms. The predicted octanol–water partition coefficient (Wildman–Crippen LogP) is 3.21. The maximum absolute atomic E-state index is 6.18. The molecule has 0 saturated heterocycles. The minimum Gasteiger partial charge on any atom is -0.497 e. The Morgan fingerprint density at radius 3 is 2.81 bits per heavy atom. The fourth-order valence-electron chi connectivity index (χ4n) is 2.14. The van der Waals surface area contributed by atoms with Gasteiger partial charge in [0.15, 0.2) is 5.96 Å². The minimum atomic E-state index is 0. The van der Waals surface area contributed by atoms with Gasteiger partial charge in [0.1, 0.15) is 5.75 Å². The minimum absolute atomic E-state index is 0. The van der Waals surface area contributed by atoms with Crippen LogP contribution in [0.5, 0.6) is 5.75 Å². The van der Waals surface area contributed by atoms with E-state index in [-0.39, 0.29) is 24.0 Å². The van der Waals surface area contributed by atoms with Crippen molar-refractivity contribution >= 4 is 41.5 Å². The first kappa shape index (κ1) is 18.4. The molecule has 4 nitrogen and oxygen atoms in total. The van der Waals surface area contributed by atoms with Gasteiger partial charge in [0.2, 0.25) is 0 Å². The summed E-state index contributed by atoms with van der Waals surface area (Å²) < 4.78 is 5.12.